The fourth-order valence-corrected chi connectivity index (χ4v) is 1.33. The predicted molar refractivity (Wildman–Crippen MR) is 66.9 cm³/mol. The van der Waals surface area contributed by atoms with Gasteiger partial charge in [0.15, 0.2) is 0 Å². The molecule has 0 aliphatic carbocycles. The van der Waals surface area contributed by atoms with E-state index in [4.69, 9.17) is 5.11 Å². The highest BCUT2D eigenvalue weighted by Gasteiger charge is 2.31. The smallest absolute Gasteiger partial charge is 0.326 e. The number of aliphatic carboxylic acids is 1. The summed E-state index contributed by atoms with van der Waals surface area (Å²) < 4.78 is 0. The largest absolute Gasteiger partial charge is 0.480 e. The van der Waals surface area contributed by atoms with E-state index in [2.05, 4.69) is 0 Å². The number of carbonyl (C=O) groups is 2. The fraction of sp³-hybridized carbons (Fsp3) is 0.833. The van der Waals surface area contributed by atoms with Gasteiger partial charge in [0, 0.05) is 20.1 Å². The maximum atomic E-state index is 12.1. The monoisotopic (exact) mass is 244 g/mol. The Bertz CT molecular complexity index is 297. The first-order valence-corrected chi connectivity index (χ1v) is 5.72. The maximum absolute atomic E-state index is 12.1. The molecule has 1 N–H and O–H groups in total. The van der Waals surface area contributed by atoms with E-state index in [1.54, 1.807) is 11.9 Å². The summed E-state index contributed by atoms with van der Waals surface area (Å²) in [7, 11) is 3.20. The van der Waals surface area contributed by atoms with Crippen LogP contribution in [0.3, 0.4) is 0 Å². The number of likely N-dealkylation sites (N-methyl/N-ethyl adjacent to an activating group) is 1. The van der Waals surface area contributed by atoms with Crippen LogP contribution in [-0.4, -0.2) is 53.1 Å². The number of carbonyl (C=O) groups excluding carboxylic acids is 1. The highest BCUT2D eigenvalue weighted by atomic mass is 16.4. The molecule has 0 aliphatic heterocycles. The number of carboxylic acid groups (broad SMARTS) is 1. The van der Waals surface area contributed by atoms with Crippen LogP contribution in [0.25, 0.3) is 0 Å². The second kappa shape index (κ2) is 5.38. The molecular formula is C12H24N2O3. The molecule has 0 rings (SSSR count). The molecule has 0 radical (unpaired) electrons. The van der Waals surface area contributed by atoms with Gasteiger partial charge in [-0.1, -0.05) is 20.8 Å². The molecule has 0 aliphatic rings. The van der Waals surface area contributed by atoms with Gasteiger partial charge in [0.1, 0.15) is 6.04 Å². The molecular weight excluding hydrogens is 220 g/mol. The van der Waals surface area contributed by atoms with Crippen LogP contribution in [0.5, 0.6) is 0 Å². The first kappa shape index (κ1) is 15.7. The van der Waals surface area contributed by atoms with Gasteiger partial charge in [-0.05, 0) is 19.3 Å². The van der Waals surface area contributed by atoms with Crippen LogP contribution in [0.2, 0.25) is 0 Å². The van der Waals surface area contributed by atoms with Gasteiger partial charge in [0.25, 0.3) is 0 Å². The molecule has 17 heavy (non-hydrogen) atoms. The Hall–Kier alpha value is -1.26. The molecule has 2 unspecified atom stereocenters. The molecule has 2 amide bonds. The third kappa shape index (κ3) is 3.91. The van der Waals surface area contributed by atoms with Crippen LogP contribution < -0.4 is 0 Å². The van der Waals surface area contributed by atoms with Crippen LogP contribution >= 0.6 is 0 Å². The normalized spacial score (nSPS) is 15.0. The maximum Gasteiger partial charge on any atom is 0.326 e. The van der Waals surface area contributed by atoms with Gasteiger partial charge in [0.05, 0.1) is 0 Å². The molecule has 0 aromatic carbocycles. The molecule has 0 bridgehead atoms. The third-order valence-electron chi connectivity index (χ3n) is 3.38. The van der Waals surface area contributed by atoms with E-state index >= 15 is 0 Å². The topological polar surface area (TPSA) is 60.9 Å². The Kier molecular flexibility index (Phi) is 4.98. The molecule has 0 aromatic heterocycles. The first-order chi connectivity index (χ1) is 7.50. The highest BCUT2D eigenvalue weighted by Crippen LogP contribution is 2.23. The zero-order chi connectivity index (χ0) is 14.0. The van der Waals surface area contributed by atoms with Crippen molar-refractivity contribution in [3.63, 3.8) is 0 Å². The lowest BCUT2D eigenvalue weighted by Crippen LogP contribution is -2.51. The minimum absolute atomic E-state index is 0.0263. The minimum Gasteiger partial charge on any atom is -0.480 e. The van der Waals surface area contributed by atoms with Crippen molar-refractivity contribution in [2.75, 3.05) is 14.1 Å². The van der Waals surface area contributed by atoms with Gasteiger partial charge < -0.3 is 14.9 Å². The third-order valence-corrected chi connectivity index (χ3v) is 3.38. The summed E-state index contributed by atoms with van der Waals surface area (Å²) in [6.45, 7) is 9.58. The molecule has 0 saturated heterocycles. The number of rotatable bonds is 3. The molecule has 0 aromatic rings. The van der Waals surface area contributed by atoms with Crippen LogP contribution in [0, 0.1) is 5.41 Å². The molecule has 5 nitrogen and oxygen atoms in total. The van der Waals surface area contributed by atoms with Gasteiger partial charge >= 0.3 is 12.0 Å². The van der Waals surface area contributed by atoms with E-state index in [0.717, 1.165) is 0 Å². The summed E-state index contributed by atoms with van der Waals surface area (Å²) >= 11 is 0. The second-order valence-electron chi connectivity index (χ2n) is 5.56. The number of nitrogens with zero attached hydrogens (tertiary/aromatic N) is 2. The molecule has 100 valence electrons. The van der Waals surface area contributed by atoms with Gasteiger partial charge in [-0.25, -0.2) is 9.59 Å². The summed E-state index contributed by atoms with van der Waals surface area (Å²) in [5.41, 5.74) is -0.0439. The molecule has 5 heteroatoms. The second-order valence-corrected chi connectivity index (χ2v) is 5.56. The van der Waals surface area contributed by atoms with Crippen molar-refractivity contribution in [2.45, 2.75) is 46.7 Å². The Morgan fingerprint density at radius 1 is 1.06 bits per heavy atom. The average Bonchev–Trinajstić information content (AvgIpc) is 2.22. The average molecular weight is 244 g/mol. The molecule has 0 fully saturated rings. The Morgan fingerprint density at radius 2 is 1.47 bits per heavy atom. The van der Waals surface area contributed by atoms with E-state index in [-0.39, 0.29) is 17.5 Å². The number of hydrogen-bond acceptors (Lipinski definition) is 2. The van der Waals surface area contributed by atoms with E-state index in [9.17, 15) is 9.59 Å². The van der Waals surface area contributed by atoms with Crippen LogP contribution in [-0.2, 0) is 4.79 Å². The van der Waals surface area contributed by atoms with E-state index in [1.165, 1.54) is 18.9 Å². The Labute approximate surface area is 103 Å². The zero-order valence-electron chi connectivity index (χ0n) is 11.8. The summed E-state index contributed by atoms with van der Waals surface area (Å²) in [5.74, 6) is -1.00. The summed E-state index contributed by atoms with van der Waals surface area (Å²) in [5, 5.41) is 8.87. The van der Waals surface area contributed by atoms with Gasteiger partial charge in [-0.2, -0.15) is 0 Å². The highest BCUT2D eigenvalue weighted by molar-refractivity contribution is 5.82. The standard InChI is InChI=1S/C12H24N2O3/c1-8(10(15)16)13(6)11(17)14(7)9(2)12(3,4)5/h8-9H,1-7H3,(H,15,16). The first-order valence-electron chi connectivity index (χ1n) is 5.72. The van der Waals surface area contributed by atoms with Crippen molar-refractivity contribution < 1.29 is 14.7 Å². The summed E-state index contributed by atoms with van der Waals surface area (Å²) in [6, 6.07) is -1.07. The lowest BCUT2D eigenvalue weighted by Gasteiger charge is -2.38. The van der Waals surface area contributed by atoms with Gasteiger partial charge in [0.2, 0.25) is 0 Å². The quantitative estimate of drug-likeness (QED) is 0.824. The number of carboxylic acids is 1. The fourth-order valence-electron chi connectivity index (χ4n) is 1.33. The summed E-state index contributed by atoms with van der Waals surface area (Å²) in [6.07, 6.45) is 0. The zero-order valence-corrected chi connectivity index (χ0v) is 11.8. The molecule has 0 heterocycles. The molecule has 0 saturated carbocycles. The van der Waals surface area contributed by atoms with Crippen molar-refractivity contribution >= 4 is 12.0 Å². The SMILES string of the molecule is CC(C(=O)O)N(C)C(=O)N(C)C(C)C(C)(C)C. The van der Waals surface area contributed by atoms with E-state index in [1.807, 2.05) is 27.7 Å². The summed E-state index contributed by atoms with van der Waals surface area (Å²) in [4.78, 5) is 25.7. The number of urea groups is 1. The van der Waals surface area contributed by atoms with Crippen molar-refractivity contribution in [1.29, 1.82) is 0 Å². The van der Waals surface area contributed by atoms with Crippen LogP contribution in [0.1, 0.15) is 34.6 Å². The van der Waals surface area contributed by atoms with E-state index < -0.39 is 12.0 Å². The minimum atomic E-state index is -1.00. The van der Waals surface area contributed by atoms with Gasteiger partial charge in [-0.3, -0.25) is 0 Å². The predicted octanol–water partition coefficient (Wildman–Crippen LogP) is 1.88. The number of hydrogen-bond donors (Lipinski definition) is 1. The lowest BCUT2D eigenvalue weighted by molar-refractivity contribution is -0.141. The van der Waals surface area contributed by atoms with Crippen molar-refractivity contribution in [3.8, 4) is 0 Å². The van der Waals surface area contributed by atoms with Crippen molar-refractivity contribution in [3.05, 3.63) is 0 Å². The van der Waals surface area contributed by atoms with Crippen molar-refractivity contribution in [1.82, 2.24) is 9.80 Å². The van der Waals surface area contributed by atoms with Crippen molar-refractivity contribution in [2.24, 2.45) is 5.41 Å². The molecule has 2 atom stereocenters. The Balaban J connectivity index is 4.77. The Morgan fingerprint density at radius 3 is 1.76 bits per heavy atom. The molecule has 0 spiro atoms. The van der Waals surface area contributed by atoms with Crippen LogP contribution in [0.4, 0.5) is 4.79 Å². The van der Waals surface area contributed by atoms with Gasteiger partial charge in [-0.15, -0.1) is 0 Å². The van der Waals surface area contributed by atoms with Crippen LogP contribution in [0.15, 0.2) is 0 Å². The van der Waals surface area contributed by atoms with E-state index in [0.29, 0.717) is 0 Å². The number of amides is 2. The lowest BCUT2D eigenvalue weighted by atomic mass is 9.87.